The second-order valence-corrected chi connectivity index (χ2v) is 5.92. The van der Waals surface area contributed by atoms with Crippen LogP contribution in [0.15, 0.2) is 24.4 Å². The molecule has 25 heavy (non-hydrogen) atoms. The van der Waals surface area contributed by atoms with E-state index in [0.29, 0.717) is 11.4 Å². The Morgan fingerprint density at radius 1 is 1.36 bits per heavy atom. The number of carbonyl (C=O) groups is 2. The summed E-state index contributed by atoms with van der Waals surface area (Å²) in [5.41, 5.74) is 8.28. The molecule has 0 bridgehead atoms. The first-order chi connectivity index (χ1) is 11.8. The number of nitrogens with one attached hydrogen (secondary N) is 1. The van der Waals surface area contributed by atoms with Gasteiger partial charge in [-0.2, -0.15) is 5.26 Å². The Labute approximate surface area is 146 Å². The van der Waals surface area contributed by atoms with Crippen molar-refractivity contribution in [2.45, 2.75) is 20.8 Å². The number of hydrogen-bond donors (Lipinski definition) is 2. The number of nitrogen functional groups attached to an aromatic ring is 1. The fraction of sp³-hybridized carbons (Fsp3) is 0.278. The SMILES string of the molecule is COC(=O)c1c(N)c(C#N)cn1-c1cc(NC(=O)C(C)C)ccc1C. The number of aromatic nitrogens is 1. The minimum absolute atomic E-state index is 0.0605. The van der Waals surface area contributed by atoms with Gasteiger partial charge in [0.1, 0.15) is 6.07 Å². The lowest BCUT2D eigenvalue weighted by molar-refractivity contribution is -0.118. The van der Waals surface area contributed by atoms with Crippen LogP contribution in [-0.4, -0.2) is 23.6 Å². The third-order valence-electron chi connectivity index (χ3n) is 3.80. The summed E-state index contributed by atoms with van der Waals surface area (Å²) >= 11 is 0. The highest BCUT2D eigenvalue weighted by atomic mass is 16.5. The van der Waals surface area contributed by atoms with Crippen LogP contribution in [0, 0.1) is 24.2 Å². The van der Waals surface area contributed by atoms with Crippen LogP contribution in [0.25, 0.3) is 5.69 Å². The summed E-state index contributed by atoms with van der Waals surface area (Å²) in [7, 11) is 1.25. The van der Waals surface area contributed by atoms with Gasteiger partial charge in [0.2, 0.25) is 5.91 Å². The Kier molecular flexibility index (Phi) is 5.13. The molecule has 1 heterocycles. The average Bonchev–Trinajstić information content (AvgIpc) is 2.92. The van der Waals surface area contributed by atoms with Gasteiger partial charge in [0.25, 0.3) is 0 Å². The van der Waals surface area contributed by atoms with Gasteiger partial charge in [0, 0.05) is 17.8 Å². The number of nitrogens with two attached hydrogens (primary N) is 1. The maximum atomic E-state index is 12.1. The van der Waals surface area contributed by atoms with E-state index in [-0.39, 0.29) is 28.8 Å². The minimum Gasteiger partial charge on any atom is -0.464 e. The van der Waals surface area contributed by atoms with Crippen molar-refractivity contribution in [1.29, 1.82) is 5.26 Å². The van der Waals surface area contributed by atoms with Gasteiger partial charge in [-0.15, -0.1) is 0 Å². The van der Waals surface area contributed by atoms with Crippen LogP contribution in [0.2, 0.25) is 0 Å². The van der Waals surface area contributed by atoms with Crippen LogP contribution >= 0.6 is 0 Å². The third-order valence-corrected chi connectivity index (χ3v) is 3.80. The second-order valence-electron chi connectivity index (χ2n) is 5.92. The highest BCUT2D eigenvalue weighted by Gasteiger charge is 2.22. The molecule has 0 saturated heterocycles. The van der Waals surface area contributed by atoms with Crippen molar-refractivity contribution in [3.8, 4) is 11.8 Å². The number of benzene rings is 1. The molecular weight excluding hydrogens is 320 g/mol. The molecule has 1 aromatic carbocycles. The van der Waals surface area contributed by atoms with Crippen LogP contribution < -0.4 is 11.1 Å². The number of nitriles is 1. The Bertz CT molecular complexity index is 875. The molecule has 1 aromatic heterocycles. The van der Waals surface area contributed by atoms with Gasteiger partial charge >= 0.3 is 5.97 Å². The largest absolute Gasteiger partial charge is 0.464 e. The minimum atomic E-state index is -0.644. The lowest BCUT2D eigenvalue weighted by atomic mass is 10.1. The van der Waals surface area contributed by atoms with Crippen LogP contribution in [-0.2, 0) is 9.53 Å². The van der Waals surface area contributed by atoms with E-state index in [0.717, 1.165) is 5.56 Å². The lowest BCUT2D eigenvalue weighted by Gasteiger charge is -2.14. The molecular formula is C18H20N4O3. The first kappa shape index (κ1) is 18.1. The van der Waals surface area contributed by atoms with Crippen molar-refractivity contribution in [2.24, 2.45) is 5.92 Å². The van der Waals surface area contributed by atoms with Crippen molar-refractivity contribution in [1.82, 2.24) is 4.57 Å². The van der Waals surface area contributed by atoms with Gasteiger partial charge in [0.05, 0.1) is 24.0 Å². The van der Waals surface area contributed by atoms with Gasteiger partial charge in [0.15, 0.2) is 5.69 Å². The summed E-state index contributed by atoms with van der Waals surface area (Å²) in [6.45, 7) is 5.45. The van der Waals surface area contributed by atoms with Gasteiger partial charge in [-0.05, 0) is 24.6 Å². The summed E-state index contributed by atoms with van der Waals surface area (Å²) in [6, 6.07) is 7.27. The van der Waals surface area contributed by atoms with Crippen molar-refractivity contribution in [3.63, 3.8) is 0 Å². The van der Waals surface area contributed by atoms with Gasteiger partial charge in [-0.25, -0.2) is 4.79 Å². The Morgan fingerprint density at radius 3 is 2.60 bits per heavy atom. The van der Waals surface area contributed by atoms with Crippen molar-refractivity contribution >= 4 is 23.3 Å². The summed E-state index contributed by atoms with van der Waals surface area (Å²) in [4.78, 5) is 24.0. The molecule has 130 valence electrons. The first-order valence-corrected chi connectivity index (χ1v) is 7.71. The van der Waals surface area contributed by atoms with E-state index in [1.54, 1.807) is 26.0 Å². The molecule has 0 atom stereocenters. The molecule has 0 radical (unpaired) electrons. The van der Waals surface area contributed by atoms with E-state index in [9.17, 15) is 14.9 Å². The van der Waals surface area contributed by atoms with E-state index in [2.05, 4.69) is 5.32 Å². The number of hydrogen-bond acceptors (Lipinski definition) is 5. The molecule has 0 aliphatic heterocycles. The number of methoxy groups -OCH3 is 1. The standard InChI is InChI=1S/C18H20N4O3/c1-10(2)17(23)21-13-6-5-11(3)14(7-13)22-9-12(8-19)15(20)16(22)18(24)25-4/h5-7,9-10H,20H2,1-4H3,(H,21,23). The molecule has 0 spiro atoms. The summed E-state index contributed by atoms with van der Waals surface area (Å²) < 4.78 is 6.30. The molecule has 1 amide bonds. The second kappa shape index (κ2) is 7.09. The molecule has 2 aromatic rings. The molecule has 7 nitrogen and oxygen atoms in total. The Hall–Kier alpha value is -3.27. The fourth-order valence-electron chi connectivity index (χ4n) is 2.34. The molecule has 3 N–H and O–H groups in total. The molecule has 0 fully saturated rings. The normalized spacial score (nSPS) is 10.4. The summed E-state index contributed by atoms with van der Waals surface area (Å²) in [5, 5.41) is 12.0. The molecule has 0 unspecified atom stereocenters. The number of ether oxygens (including phenoxy) is 1. The van der Waals surface area contributed by atoms with Gasteiger partial charge < -0.3 is 20.4 Å². The number of carbonyl (C=O) groups excluding carboxylic acids is 2. The maximum Gasteiger partial charge on any atom is 0.357 e. The molecule has 7 heteroatoms. The van der Waals surface area contributed by atoms with Crippen LogP contribution in [0.1, 0.15) is 35.5 Å². The zero-order chi connectivity index (χ0) is 18.7. The van der Waals surface area contributed by atoms with E-state index < -0.39 is 5.97 Å². The number of anilines is 2. The topological polar surface area (TPSA) is 110 Å². The van der Waals surface area contributed by atoms with Gasteiger partial charge in [-0.3, -0.25) is 4.79 Å². The maximum absolute atomic E-state index is 12.1. The Balaban J connectivity index is 2.60. The monoisotopic (exact) mass is 340 g/mol. The van der Waals surface area contributed by atoms with Crippen LogP contribution in [0.5, 0.6) is 0 Å². The average molecular weight is 340 g/mol. The number of aryl methyl sites for hydroxylation is 1. The molecule has 0 saturated carbocycles. The Morgan fingerprint density at radius 2 is 2.04 bits per heavy atom. The van der Waals surface area contributed by atoms with Crippen molar-refractivity contribution < 1.29 is 14.3 Å². The molecule has 0 aliphatic carbocycles. The van der Waals surface area contributed by atoms with Crippen LogP contribution in [0.4, 0.5) is 11.4 Å². The predicted molar refractivity (Wildman–Crippen MR) is 94.4 cm³/mol. The number of rotatable bonds is 4. The highest BCUT2D eigenvalue weighted by Crippen LogP contribution is 2.28. The van der Waals surface area contributed by atoms with Crippen LogP contribution in [0.3, 0.4) is 0 Å². The molecule has 2 rings (SSSR count). The van der Waals surface area contributed by atoms with Gasteiger partial charge in [-0.1, -0.05) is 19.9 Å². The zero-order valence-electron chi connectivity index (χ0n) is 14.6. The predicted octanol–water partition coefficient (Wildman–Crippen LogP) is 2.62. The lowest BCUT2D eigenvalue weighted by Crippen LogP contribution is -2.18. The van der Waals surface area contributed by atoms with Crippen molar-refractivity contribution in [2.75, 3.05) is 18.2 Å². The number of amides is 1. The quantitative estimate of drug-likeness (QED) is 0.831. The summed E-state index contributed by atoms with van der Waals surface area (Å²) in [6.07, 6.45) is 1.48. The molecule has 0 aliphatic rings. The number of esters is 1. The van der Waals surface area contributed by atoms with E-state index in [1.165, 1.54) is 17.9 Å². The van der Waals surface area contributed by atoms with E-state index >= 15 is 0 Å². The smallest absolute Gasteiger partial charge is 0.357 e. The van der Waals surface area contributed by atoms with E-state index in [4.69, 9.17) is 10.5 Å². The third kappa shape index (κ3) is 3.48. The van der Waals surface area contributed by atoms with Crippen molar-refractivity contribution in [3.05, 3.63) is 41.2 Å². The fourth-order valence-corrected chi connectivity index (χ4v) is 2.34. The summed E-state index contributed by atoms with van der Waals surface area (Å²) in [5.74, 6) is -0.925. The highest BCUT2D eigenvalue weighted by molar-refractivity contribution is 5.96. The zero-order valence-corrected chi connectivity index (χ0v) is 14.6. The first-order valence-electron chi connectivity index (χ1n) is 7.71. The number of nitrogens with zero attached hydrogens (tertiary/aromatic N) is 2. The van der Waals surface area contributed by atoms with E-state index in [1.807, 2.05) is 19.1 Å².